The van der Waals surface area contributed by atoms with Crippen LogP contribution in [-0.4, -0.2) is 48.1 Å². The first kappa shape index (κ1) is 15.1. The summed E-state index contributed by atoms with van der Waals surface area (Å²) in [5.74, 6) is -2.00. The van der Waals surface area contributed by atoms with E-state index in [1.54, 1.807) is 4.90 Å². The van der Waals surface area contributed by atoms with Gasteiger partial charge in [-0.05, 0) is 18.6 Å². The predicted molar refractivity (Wildman–Crippen MR) is 76.9 cm³/mol. The number of carbonyl (C=O) groups excluding carboxylic acids is 1. The number of aromatic carboxylic acids is 1. The van der Waals surface area contributed by atoms with Gasteiger partial charge < -0.3 is 20.6 Å². The van der Waals surface area contributed by atoms with E-state index in [1.807, 2.05) is 4.90 Å². The van der Waals surface area contributed by atoms with Crippen LogP contribution < -0.4 is 10.6 Å². The van der Waals surface area contributed by atoms with Crippen molar-refractivity contribution in [3.8, 4) is 0 Å². The first-order chi connectivity index (χ1) is 9.91. The predicted octanol–water partition coefficient (Wildman–Crippen LogP) is 1.16. The summed E-state index contributed by atoms with van der Waals surface area (Å²) in [4.78, 5) is 26.3. The van der Waals surface area contributed by atoms with E-state index in [2.05, 4.69) is 0 Å². The molecule has 21 heavy (non-hydrogen) atoms. The highest BCUT2D eigenvalue weighted by Crippen LogP contribution is 2.29. The van der Waals surface area contributed by atoms with Gasteiger partial charge in [0.2, 0.25) is 5.91 Å². The van der Waals surface area contributed by atoms with Crippen LogP contribution in [0.5, 0.6) is 0 Å². The second kappa shape index (κ2) is 5.99. The van der Waals surface area contributed by atoms with Crippen molar-refractivity contribution in [1.29, 1.82) is 0 Å². The minimum Gasteiger partial charge on any atom is -0.478 e. The first-order valence-corrected chi connectivity index (χ1v) is 6.73. The average molecular weight is 295 g/mol. The van der Waals surface area contributed by atoms with Gasteiger partial charge in [-0.3, -0.25) is 4.79 Å². The van der Waals surface area contributed by atoms with Gasteiger partial charge in [-0.15, -0.1) is 0 Å². The SMILES string of the molecule is CC(=O)N1CCCN(c2ccc(F)c(N)c2C(=O)O)CC1. The average Bonchev–Trinajstić information content (AvgIpc) is 2.67. The van der Waals surface area contributed by atoms with E-state index in [9.17, 15) is 19.1 Å². The van der Waals surface area contributed by atoms with Crippen LogP contribution in [0.3, 0.4) is 0 Å². The molecule has 1 amide bonds. The van der Waals surface area contributed by atoms with Gasteiger partial charge in [0.25, 0.3) is 0 Å². The molecule has 0 atom stereocenters. The Hall–Kier alpha value is -2.31. The van der Waals surface area contributed by atoms with Crippen LogP contribution in [0.1, 0.15) is 23.7 Å². The molecule has 1 aromatic rings. The Morgan fingerprint density at radius 1 is 1.24 bits per heavy atom. The molecule has 1 heterocycles. The smallest absolute Gasteiger partial charge is 0.340 e. The molecule has 3 N–H and O–H groups in total. The fourth-order valence-electron chi connectivity index (χ4n) is 2.54. The molecule has 7 heteroatoms. The molecule has 1 fully saturated rings. The number of carboxylic acid groups (broad SMARTS) is 1. The third-order valence-electron chi connectivity index (χ3n) is 3.67. The van der Waals surface area contributed by atoms with E-state index in [0.717, 1.165) is 6.42 Å². The Bertz CT molecular complexity index is 577. The molecule has 6 nitrogen and oxygen atoms in total. The number of nitrogens with two attached hydrogens (primary N) is 1. The Morgan fingerprint density at radius 3 is 2.57 bits per heavy atom. The van der Waals surface area contributed by atoms with Gasteiger partial charge in [0, 0.05) is 33.1 Å². The van der Waals surface area contributed by atoms with E-state index in [-0.39, 0.29) is 17.2 Å². The topological polar surface area (TPSA) is 86.9 Å². The van der Waals surface area contributed by atoms with E-state index < -0.39 is 11.8 Å². The van der Waals surface area contributed by atoms with Crippen LogP contribution in [0, 0.1) is 5.82 Å². The fraction of sp³-hybridized carbons (Fsp3) is 0.429. The van der Waals surface area contributed by atoms with Crippen molar-refractivity contribution in [3.63, 3.8) is 0 Å². The van der Waals surface area contributed by atoms with Gasteiger partial charge in [-0.1, -0.05) is 0 Å². The molecule has 0 aromatic heterocycles. The maximum atomic E-state index is 13.5. The van der Waals surface area contributed by atoms with E-state index in [1.165, 1.54) is 19.1 Å². The normalized spacial score (nSPS) is 15.7. The molecular weight excluding hydrogens is 277 g/mol. The summed E-state index contributed by atoms with van der Waals surface area (Å²) in [6, 6.07) is 2.60. The quantitative estimate of drug-likeness (QED) is 0.800. The van der Waals surface area contributed by atoms with Crippen LogP contribution >= 0.6 is 0 Å². The third kappa shape index (κ3) is 3.07. The van der Waals surface area contributed by atoms with Crippen LogP contribution in [0.25, 0.3) is 0 Å². The highest BCUT2D eigenvalue weighted by molar-refractivity contribution is 6.00. The lowest BCUT2D eigenvalue weighted by Gasteiger charge is -2.25. The standard InChI is InChI=1S/C14H18FN3O3/c1-9(19)17-5-2-6-18(8-7-17)11-4-3-10(15)13(16)12(11)14(20)21/h3-4H,2,5-8,16H2,1H3,(H,20,21). The molecular formula is C14H18FN3O3. The Balaban J connectivity index is 2.32. The highest BCUT2D eigenvalue weighted by Gasteiger charge is 2.24. The number of benzene rings is 1. The lowest BCUT2D eigenvalue weighted by atomic mass is 10.1. The molecule has 0 unspecified atom stereocenters. The van der Waals surface area contributed by atoms with Gasteiger partial charge in [0.05, 0.1) is 11.4 Å². The minimum atomic E-state index is -1.25. The zero-order valence-electron chi connectivity index (χ0n) is 11.8. The molecule has 0 spiro atoms. The largest absolute Gasteiger partial charge is 0.478 e. The zero-order chi connectivity index (χ0) is 15.6. The number of hydrogen-bond acceptors (Lipinski definition) is 4. The summed E-state index contributed by atoms with van der Waals surface area (Å²) in [7, 11) is 0. The summed E-state index contributed by atoms with van der Waals surface area (Å²) in [5.41, 5.74) is 5.38. The van der Waals surface area contributed by atoms with Gasteiger partial charge >= 0.3 is 5.97 Å². The Kier molecular flexibility index (Phi) is 4.30. The molecule has 1 aliphatic rings. The molecule has 1 aromatic carbocycles. The molecule has 1 saturated heterocycles. The molecule has 0 aliphatic carbocycles. The molecule has 0 radical (unpaired) electrons. The second-order valence-electron chi connectivity index (χ2n) is 5.01. The van der Waals surface area contributed by atoms with Crippen LogP contribution in [0.2, 0.25) is 0 Å². The Morgan fingerprint density at radius 2 is 1.95 bits per heavy atom. The van der Waals surface area contributed by atoms with Crippen LogP contribution in [0.4, 0.5) is 15.8 Å². The molecule has 2 rings (SSSR count). The van der Waals surface area contributed by atoms with Crippen molar-refractivity contribution < 1.29 is 19.1 Å². The van der Waals surface area contributed by atoms with E-state index in [4.69, 9.17) is 5.73 Å². The van der Waals surface area contributed by atoms with Crippen LogP contribution in [-0.2, 0) is 4.79 Å². The molecule has 0 bridgehead atoms. The lowest BCUT2D eigenvalue weighted by Crippen LogP contribution is -2.34. The number of nitrogens with zero attached hydrogens (tertiary/aromatic N) is 2. The maximum absolute atomic E-state index is 13.5. The Labute approximate surface area is 121 Å². The van der Waals surface area contributed by atoms with Crippen molar-refractivity contribution in [2.45, 2.75) is 13.3 Å². The summed E-state index contributed by atoms with van der Waals surface area (Å²) < 4.78 is 13.5. The van der Waals surface area contributed by atoms with E-state index in [0.29, 0.717) is 31.9 Å². The zero-order valence-corrected chi connectivity index (χ0v) is 11.8. The number of carboxylic acids is 1. The number of amides is 1. The maximum Gasteiger partial charge on any atom is 0.340 e. The molecule has 114 valence electrons. The highest BCUT2D eigenvalue weighted by atomic mass is 19.1. The van der Waals surface area contributed by atoms with Gasteiger partial charge in [0.1, 0.15) is 11.4 Å². The van der Waals surface area contributed by atoms with Crippen molar-refractivity contribution in [3.05, 3.63) is 23.5 Å². The van der Waals surface area contributed by atoms with Crippen LogP contribution in [0.15, 0.2) is 12.1 Å². The summed E-state index contributed by atoms with van der Waals surface area (Å²) in [6.45, 7) is 3.73. The summed E-state index contributed by atoms with van der Waals surface area (Å²) >= 11 is 0. The van der Waals surface area contributed by atoms with E-state index >= 15 is 0 Å². The van der Waals surface area contributed by atoms with Crippen molar-refractivity contribution in [1.82, 2.24) is 4.90 Å². The lowest BCUT2D eigenvalue weighted by molar-refractivity contribution is -0.128. The minimum absolute atomic E-state index is 0.00562. The summed E-state index contributed by atoms with van der Waals surface area (Å²) in [6.07, 6.45) is 0.718. The van der Waals surface area contributed by atoms with Crippen molar-refractivity contribution in [2.75, 3.05) is 36.8 Å². The van der Waals surface area contributed by atoms with Gasteiger partial charge in [-0.25, -0.2) is 9.18 Å². The van der Waals surface area contributed by atoms with Gasteiger partial charge in [0.15, 0.2) is 0 Å². The van der Waals surface area contributed by atoms with Crippen molar-refractivity contribution in [2.24, 2.45) is 0 Å². The number of halogens is 1. The van der Waals surface area contributed by atoms with Gasteiger partial charge in [-0.2, -0.15) is 0 Å². The molecule has 0 saturated carbocycles. The van der Waals surface area contributed by atoms with Crippen molar-refractivity contribution >= 4 is 23.3 Å². The number of rotatable bonds is 2. The second-order valence-corrected chi connectivity index (χ2v) is 5.01. The molecule has 1 aliphatic heterocycles. The number of anilines is 2. The first-order valence-electron chi connectivity index (χ1n) is 6.73. The number of carbonyl (C=O) groups is 2. The number of nitrogen functional groups attached to an aromatic ring is 1. The number of hydrogen-bond donors (Lipinski definition) is 2. The monoisotopic (exact) mass is 295 g/mol. The fourth-order valence-corrected chi connectivity index (χ4v) is 2.54. The third-order valence-corrected chi connectivity index (χ3v) is 3.67. The summed E-state index contributed by atoms with van der Waals surface area (Å²) in [5, 5.41) is 9.27.